The molecule has 0 aliphatic heterocycles. The molecule has 0 aromatic heterocycles. The number of nitrogens with two attached hydrogens (primary N) is 1. The molecule has 3 heteroatoms. The molecule has 78 valence electrons. The monoisotopic (exact) mass is 186 g/mol. The van der Waals surface area contributed by atoms with E-state index in [4.69, 9.17) is 10.5 Å². The second-order valence-corrected chi connectivity index (χ2v) is 3.51. The largest absolute Gasteiger partial charge is 0.383 e. The molecule has 0 aromatic rings. The topological polar surface area (TPSA) is 38.5 Å². The van der Waals surface area contributed by atoms with Gasteiger partial charge in [-0.05, 0) is 19.4 Å². The number of nitrogens with zero attached hydrogens (tertiary/aromatic N) is 1. The zero-order valence-corrected chi connectivity index (χ0v) is 9.05. The zero-order chi connectivity index (χ0) is 10.3. The lowest BCUT2D eigenvalue weighted by Gasteiger charge is -2.26. The third kappa shape index (κ3) is 5.80. The third-order valence-corrected chi connectivity index (χ3v) is 2.03. The molecule has 0 saturated carbocycles. The van der Waals surface area contributed by atoms with Crippen LogP contribution in [0.5, 0.6) is 0 Å². The van der Waals surface area contributed by atoms with Crippen LogP contribution >= 0.6 is 0 Å². The molecule has 0 saturated heterocycles. The molecule has 3 nitrogen and oxygen atoms in total. The quantitative estimate of drug-likeness (QED) is 0.599. The fourth-order valence-electron chi connectivity index (χ4n) is 1.08. The SMILES string of the molecule is C=C(CN)CN(CCOC)C(C)C. The van der Waals surface area contributed by atoms with Crippen LogP contribution in [0.1, 0.15) is 13.8 Å². The normalized spacial score (nSPS) is 11.2. The Kier molecular flexibility index (Phi) is 6.86. The smallest absolute Gasteiger partial charge is 0.0589 e. The molecule has 0 aliphatic rings. The summed E-state index contributed by atoms with van der Waals surface area (Å²) in [5.41, 5.74) is 6.57. The zero-order valence-electron chi connectivity index (χ0n) is 9.05. The molecule has 0 unspecified atom stereocenters. The van der Waals surface area contributed by atoms with E-state index in [-0.39, 0.29) is 0 Å². The van der Waals surface area contributed by atoms with Gasteiger partial charge in [0.2, 0.25) is 0 Å². The summed E-state index contributed by atoms with van der Waals surface area (Å²) in [6.07, 6.45) is 0. The molecule has 0 rings (SSSR count). The summed E-state index contributed by atoms with van der Waals surface area (Å²) in [5, 5.41) is 0. The van der Waals surface area contributed by atoms with Gasteiger partial charge in [-0.25, -0.2) is 0 Å². The van der Waals surface area contributed by atoms with Crippen molar-refractivity contribution in [3.63, 3.8) is 0 Å². The fourth-order valence-corrected chi connectivity index (χ4v) is 1.08. The minimum atomic E-state index is 0.512. The van der Waals surface area contributed by atoms with Crippen molar-refractivity contribution in [1.29, 1.82) is 0 Å². The summed E-state index contributed by atoms with van der Waals surface area (Å²) in [5.74, 6) is 0. The first kappa shape index (κ1) is 12.6. The van der Waals surface area contributed by atoms with E-state index in [1.165, 1.54) is 0 Å². The fraction of sp³-hybridized carbons (Fsp3) is 0.800. The van der Waals surface area contributed by atoms with Crippen LogP contribution in [-0.2, 0) is 4.74 Å². The lowest BCUT2D eigenvalue weighted by molar-refractivity contribution is 0.136. The molecule has 0 spiro atoms. The van der Waals surface area contributed by atoms with E-state index in [0.717, 1.165) is 25.3 Å². The number of methoxy groups -OCH3 is 1. The maximum absolute atomic E-state index is 5.49. The van der Waals surface area contributed by atoms with Gasteiger partial charge in [0.05, 0.1) is 6.61 Å². The molecule has 0 fully saturated rings. The molecule has 0 aliphatic carbocycles. The highest BCUT2D eigenvalue weighted by molar-refractivity contribution is 4.99. The highest BCUT2D eigenvalue weighted by Gasteiger charge is 2.09. The third-order valence-electron chi connectivity index (χ3n) is 2.03. The Balaban J connectivity index is 3.87. The van der Waals surface area contributed by atoms with E-state index in [9.17, 15) is 0 Å². The molecular weight excluding hydrogens is 164 g/mol. The van der Waals surface area contributed by atoms with E-state index in [0.29, 0.717) is 12.6 Å². The van der Waals surface area contributed by atoms with Crippen LogP contribution < -0.4 is 5.73 Å². The van der Waals surface area contributed by atoms with Crippen molar-refractivity contribution in [3.05, 3.63) is 12.2 Å². The van der Waals surface area contributed by atoms with Crippen molar-refractivity contribution in [2.24, 2.45) is 5.73 Å². The predicted molar refractivity (Wildman–Crippen MR) is 56.8 cm³/mol. The summed E-state index contributed by atoms with van der Waals surface area (Å²) in [6.45, 7) is 11.4. The molecular formula is C10H22N2O. The number of rotatable bonds is 7. The van der Waals surface area contributed by atoms with Gasteiger partial charge in [-0.1, -0.05) is 6.58 Å². The van der Waals surface area contributed by atoms with E-state index in [2.05, 4.69) is 25.3 Å². The van der Waals surface area contributed by atoms with Gasteiger partial charge in [0.25, 0.3) is 0 Å². The number of hydrogen-bond acceptors (Lipinski definition) is 3. The van der Waals surface area contributed by atoms with Crippen LogP contribution in [0.4, 0.5) is 0 Å². The first-order valence-corrected chi connectivity index (χ1v) is 4.71. The van der Waals surface area contributed by atoms with Gasteiger partial charge in [-0.3, -0.25) is 4.90 Å². The van der Waals surface area contributed by atoms with Crippen LogP contribution in [0.25, 0.3) is 0 Å². The average molecular weight is 186 g/mol. The Bertz CT molecular complexity index is 146. The molecule has 2 N–H and O–H groups in total. The van der Waals surface area contributed by atoms with Crippen LogP contribution in [0, 0.1) is 0 Å². The molecule has 0 radical (unpaired) electrons. The lowest BCUT2D eigenvalue weighted by atomic mass is 10.2. The van der Waals surface area contributed by atoms with E-state index >= 15 is 0 Å². The maximum Gasteiger partial charge on any atom is 0.0589 e. The summed E-state index contributed by atoms with van der Waals surface area (Å²) in [7, 11) is 1.72. The molecule has 0 amide bonds. The van der Waals surface area contributed by atoms with Crippen molar-refractivity contribution >= 4 is 0 Å². The summed E-state index contributed by atoms with van der Waals surface area (Å²) >= 11 is 0. The Morgan fingerprint density at radius 2 is 2.15 bits per heavy atom. The highest BCUT2D eigenvalue weighted by Crippen LogP contribution is 2.01. The summed E-state index contributed by atoms with van der Waals surface area (Å²) in [4.78, 5) is 2.30. The molecule has 0 atom stereocenters. The second kappa shape index (κ2) is 7.06. The maximum atomic E-state index is 5.49. The van der Waals surface area contributed by atoms with Gasteiger partial charge in [-0.15, -0.1) is 0 Å². The standard InChI is InChI=1S/C10H22N2O/c1-9(2)12(5-6-13-4)8-10(3)7-11/h9H,3,5-8,11H2,1-2,4H3. The van der Waals surface area contributed by atoms with Crippen molar-refractivity contribution in [2.45, 2.75) is 19.9 Å². The summed E-state index contributed by atoms with van der Waals surface area (Å²) < 4.78 is 5.04. The van der Waals surface area contributed by atoms with Gasteiger partial charge >= 0.3 is 0 Å². The highest BCUT2D eigenvalue weighted by atomic mass is 16.5. The lowest BCUT2D eigenvalue weighted by Crippen LogP contribution is -2.36. The molecule has 0 heterocycles. The minimum absolute atomic E-state index is 0.512. The van der Waals surface area contributed by atoms with E-state index in [1.54, 1.807) is 7.11 Å². The second-order valence-electron chi connectivity index (χ2n) is 3.51. The van der Waals surface area contributed by atoms with Gasteiger partial charge < -0.3 is 10.5 Å². The first-order chi connectivity index (χ1) is 6.11. The molecule has 13 heavy (non-hydrogen) atoms. The summed E-state index contributed by atoms with van der Waals surface area (Å²) in [6, 6.07) is 0.512. The van der Waals surface area contributed by atoms with Gasteiger partial charge in [0.1, 0.15) is 0 Å². The molecule has 0 bridgehead atoms. The first-order valence-electron chi connectivity index (χ1n) is 4.71. The average Bonchev–Trinajstić information content (AvgIpc) is 2.11. The van der Waals surface area contributed by atoms with Crippen LogP contribution in [0.3, 0.4) is 0 Å². The van der Waals surface area contributed by atoms with E-state index < -0.39 is 0 Å². The Hall–Kier alpha value is -0.380. The van der Waals surface area contributed by atoms with Crippen molar-refractivity contribution in [1.82, 2.24) is 4.90 Å². The van der Waals surface area contributed by atoms with Crippen molar-refractivity contribution < 1.29 is 4.74 Å². The van der Waals surface area contributed by atoms with Gasteiger partial charge in [0, 0.05) is 32.8 Å². The van der Waals surface area contributed by atoms with Gasteiger partial charge in [0.15, 0.2) is 0 Å². The van der Waals surface area contributed by atoms with Crippen LogP contribution in [-0.4, -0.2) is 44.3 Å². The molecule has 0 aromatic carbocycles. The number of hydrogen-bond donors (Lipinski definition) is 1. The van der Waals surface area contributed by atoms with Gasteiger partial charge in [-0.2, -0.15) is 0 Å². The minimum Gasteiger partial charge on any atom is -0.383 e. The Labute approximate surface area is 81.5 Å². The number of ether oxygens (including phenoxy) is 1. The van der Waals surface area contributed by atoms with Crippen molar-refractivity contribution in [3.8, 4) is 0 Å². The van der Waals surface area contributed by atoms with E-state index in [1.807, 2.05) is 0 Å². The Morgan fingerprint density at radius 3 is 2.54 bits per heavy atom. The van der Waals surface area contributed by atoms with Crippen LogP contribution in [0.2, 0.25) is 0 Å². The Morgan fingerprint density at radius 1 is 1.54 bits per heavy atom. The van der Waals surface area contributed by atoms with Crippen molar-refractivity contribution in [2.75, 3.05) is 33.4 Å². The predicted octanol–water partition coefficient (Wildman–Crippen LogP) is 0.858. The van der Waals surface area contributed by atoms with Crippen LogP contribution in [0.15, 0.2) is 12.2 Å².